The molecule has 96 valence electrons. The first-order valence-electron chi connectivity index (χ1n) is 6.38. The minimum atomic E-state index is 0.611. The van der Waals surface area contributed by atoms with Gasteiger partial charge in [-0.05, 0) is 48.4 Å². The van der Waals surface area contributed by atoms with Gasteiger partial charge < -0.3 is 4.57 Å². The Balaban J connectivity index is 2.06. The maximum atomic E-state index is 5.30. The summed E-state index contributed by atoms with van der Waals surface area (Å²) in [6.45, 7) is 5.41. The average Bonchev–Trinajstić information content (AvgIpc) is 2.62. The van der Waals surface area contributed by atoms with Gasteiger partial charge in [0.15, 0.2) is 4.77 Å². The molecule has 1 N–H and O–H groups in total. The molecule has 17 heavy (non-hydrogen) atoms. The van der Waals surface area contributed by atoms with Gasteiger partial charge in [0.05, 0.1) is 0 Å². The van der Waals surface area contributed by atoms with Gasteiger partial charge in [0, 0.05) is 13.0 Å². The van der Waals surface area contributed by atoms with Crippen LogP contribution in [0.25, 0.3) is 0 Å². The number of thioether (sulfide) groups is 1. The number of hydrogen-bond donors (Lipinski definition) is 1. The highest BCUT2D eigenvalue weighted by molar-refractivity contribution is 7.99. The lowest BCUT2D eigenvalue weighted by atomic mass is 9.98. The predicted octanol–water partition coefficient (Wildman–Crippen LogP) is 3.28. The summed E-state index contributed by atoms with van der Waals surface area (Å²) in [5, 5.41) is 7.34. The van der Waals surface area contributed by atoms with Crippen molar-refractivity contribution >= 4 is 24.0 Å². The second kappa shape index (κ2) is 6.05. The Kier molecular flexibility index (Phi) is 4.68. The molecule has 1 aliphatic rings. The molecule has 0 amide bonds. The van der Waals surface area contributed by atoms with E-state index in [1.54, 1.807) is 0 Å². The fourth-order valence-corrected chi connectivity index (χ4v) is 3.70. The molecule has 3 nitrogen and oxygen atoms in total. The number of aromatic nitrogens is 3. The molecule has 0 spiro atoms. The largest absolute Gasteiger partial charge is 0.304 e. The number of H-pyrrole nitrogens is 1. The standard InChI is InChI=1S/C12H21N3S2/c1-9(2)8-15-11(13-14-12(15)16)7-10-3-5-17-6-4-10/h9-10H,3-8H2,1-2H3,(H,14,16). The van der Waals surface area contributed by atoms with Gasteiger partial charge >= 0.3 is 0 Å². The van der Waals surface area contributed by atoms with E-state index < -0.39 is 0 Å². The molecule has 1 fully saturated rings. The Hall–Kier alpha value is -0.290. The molecule has 2 heterocycles. The van der Waals surface area contributed by atoms with Crippen LogP contribution in [-0.4, -0.2) is 26.3 Å². The molecule has 0 aromatic carbocycles. The summed E-state index contributed by atoms with van der Waals surface area (Å²) in [7, 11) is 0. The summed E-state index contributed by atoms with van der Waals surface area (Å²) in [4.78, 5) is 0. The van der Waals surface area contributed by atoms with Crippen LogP contribution in [0.2, 0.25) is 0 Å². The van der Waals surface area contributed by atoms with Gasteiger partial charge in [0.25, 0.3) is 0 Å². The zero-order valence-corrected chi connectivity index (χ0v) is 12.2. The Labute approximate surface area is 112 Å². The lowest BCUT2D eigenvalue weighted by Crippen LogP contribution is -2.16. The third-order valence-corrected chi connectivity index (χ3v) is 4.56. The lowest BCUT2D eigenvalue weighted by molar-refractivity contribution is 0.443. The molecule has 2 rings (SSSR count). The molecule has 5 heteroatoms. The highest BCUT2D eigenvalue weighted by Crippen LogP contribution is 2.25. The van der Waals surface area contributed by atoms with Gasteiger partial charge in [0.2, 0.25) is 0 Å². The summed E-state index contributed by atoms with van der Waals surface area (Å²) >= 11 is 7.37. The summed E-state index contributed by atoms with van der Waals surface area (Å²) in [6, 6.07) is 0. The van der Waals surface area contributed by atoms with Crippen molar-refractivity contribution in [2.24, 2.45) is 11.8 Å². The Bertz CT molecular complexity index is 402. The SMILES string of the molecule is CC(C)Cn1c(CC2CCSCC2)n[nH]c1=S. The second-order valence-corrected chi connectivity index (χ2v) is 6.82. The van der Waals surface area contributed by atoms with Gasteiger partial charge in [0.1, 0.15) is 5.82 Å². The van der Waals surface area contributed by atoms with Crippen molar-refractivity contribution in [1.29, 1.82) is 0 Å². The zero-order valence-electron chi connectivity index (χ0n) is 10.6. The minimum Gasteiger partial charge on any atom is -0.304 e. The van der Waals surface area contributed by atoms with Crippen LogP contribution in [0, 0.1) is 16.6 Å². The third kappa shape index (κ3) is 3.58. The minimum absolute atomic E-state index is 0.611. The molecule has 1 aromatic heterocycles. The molecule has 0 aliphatic carbocycles. The maximum Gasteiger partial charge on any atom is 0.195 e. The smallest absolute Gasteiger partial charge is 0.195 e. The van der Waals surface area contributed by atoms with Gasteiger partial charge in [-0.2, -0.15) is 16.9 Å². The molecule has 0 atom stereocenters. The number of nitrogens with zero attached hydrogens (tertiary/aromatic N) is 2. The van der Waals surface area contributed by atoms with Crippen LogP contribution in [0.1, 0.15) is 32.5 Å². The highest BCUT2D eigenvalue weighted by Gasteiger charge is 2.17. The molecule has 0 bridgehead atoms. The van der Waals surface area contributed by atoms with E-state index in [0.29, 0.717) is 5.92 Å². The Morgan fingerprint density at radius 3 is 2.82 bits per heavy atom. The molecular weight excluding hydrogens is 250 g/mol. The van der Waals surface area contributed by atoms with Crippen molar-refractivity contribution in [3.8, 4) is 0 Å². The Morgan fingerprint density at radius 2 is 2.18 bits per heavy atom. The van der Waals surface area contributed by atoms with E-state index in [-0.39, 0.29) is 0 Å². The van der Waals surface area contributed by atoms with Gasteiger partial charge in [-0.25, -0.2) is 0 Å². The van der Waals surface area contributed by atoms with Crippen molar-refractivity contribution < 1.29 is 0 Å². The molecule has 0 unspecified atom stereocenters. The van der Waals surface area contributed by atoms with Crippen LogP contribution in [0.5, 0.6) is 0 Å². The van der Waals surface area contributed by atoms with Crippen LogP contribution in [-0.2, 0) is 13.0 Å². The monoisotopic (exact) mass is 271 g/mol. The fourth-order valence-electron chi connectivity index (χ4n) is 2.27. The van der Waals surface area contributed by atoms with Gasteiger partial charge in [-0.3, -0.25) is 5.10 Å². The first-order valence-corrected chi connectivity index (χ1v) is 7.95. The average molecular weight is 271 g/mol. The highest BCUT2D eigenvalue weighted by atomic mass is 32.2. The van der Waals surface area contributed by atoms with Crippen molar-refractivity contribution in [2.45, 2.75) is 39.7 Å². The van der Waals surface area contributed by atoms with E-state index in [1.165, 1.54) is 24.3 Å². The van der Waals surface area contributed by atoms with Crippen LogP contribution < -0.4 is 0 Å². The molecule has 1 aliphatic heterocycles. The van der Waals surface area contributed by atoms with Crippen molar-refractivity contribution in [3.63, 3.8) is 0 Å². The second-order valence-electron chi connectivity index (χ2n) is 5.21. The van der Waals surface area contributed by atoms with E-state index in [1.807, 2.05) is 0 Å². The van der Waals surface area contributed by atoms with E-state index in [0.717, 1.165) is 29.5 Å². The number of hydrogen-bond acceptors (Lipinski definition) is 3. The molecule has 1 aromatic rings. The maximum absolute atomic E-state index is 5.30. The third-order valence-electron chi connectivity index (χ3n) is 3.20. The van der Waals surface area contributed by atoms with E-state index in [9.17, 15) is 0 Å². The number of aromatic amines is 1. The first kappa shape index (κ1) is 13.1. The van der Waals surface area contributed by atoms with Crippen LogP contribution in [0.3, 0.4) is 0 Å². The molecule has 0 radical (unpaired) electrons. The lowest BCUT2D eigenvalue weighted by Gasteiger charge is -2.21. The van der Waals surface area contributed by atoms with Crippen LogP contribution >= 0.6 is 24.0 Å². The Morgan fingerprint density at radius 1 is 1.47 bits per heavy atom. The summed E-state index contributed by atoms with van der Waals surface area (Å²) in [5.41, 5.74) is 0. The fraction of sp³-hybridized carbons (Fsp3) is 0.833. The number of nitrogens with one attached hydrogen (secondary N) is 1. The van der Waals surface area contributed by atoms with E-state index in [2.05, 4.69) is 40.4 Å². The van der Waals surface area contributed by atoms with Crippen molar-refractivity contribution in [1.82, 2.24) is 14.8 Å². The first-order chi connectivity index (χ1) is 8.16. The quantitative estimate of drug-likeness (QED) is 0.853. The summed E-state index contributed by atoms with van der Waals surface area (Å²) in [5.74, 6) is 5.17. The normalized spacial score (nSPS) is 17.8. The van der Waals surface area contributed by atoms with Crippen LogP contribution in [0.4, 0.5) is 0 Å². The van der Waals surface area contributed by atoms with Crippen molar-refractivity contribution in [2.75, 3.05) is 11.5 Å². The molecule has 1 saturated heterocycles. The van der Waals surface area contributed by atoms with E-state index in [4.69, 9.17) is 12.2 Å². The topological polar surface area (TPSA) is 33.6 Å². The zero-order chi connectivity index (χ0) is 12.3. The predicted molar refractivity (Wildman–Crippen MR) is 76.0 cm³/mol. The number of rotatable bonds is 4. The van der Waals surface area contributed by atoms with Crippen molar-refractivity contribution in [3.05, 3.63) is 10.6 Å². The molecule has 0 saturated carbocycles. The van der Waals surface area contributed by atoms with Gasteiger partial charge in [-0.15, -0.1) is 0 Å². The van der Waals surface area contributed by atoms with Crippen LogP contribution in [0.15, 0.2) is 0 Å². The summed E-state index contributed by atoms with van der Waals surface area (Å²) < 4.78 is 2.96. The van der Waals surface area contributed by atoms with Gasteiger partial charge in [-0.1, -0.05) is 13.8 Å². The molecular formula is C12H21N3S2. The van der Waals surface area contributed by atoms with E-state index >= 15 is 0 Å². The summed E-state index contributed by atoms with van der Waals surface area (Å²) in [6.07, 6.45) is 3.73.